The van der Waals surface area contributed by atoms with Gasteiger partial charge in [-0.25, -0.2) is 13.1 Å². The fourth-order valence-electron chi connectivity index (χ4n) is 3.53. The molecule has 1 unspecified atom stereocenters. The van der Waals surface area contributed by atoms with Crippen molar-refractivity contribution in [1.82, 2.24) is 9.78 Å². The zero-order valence-corrected chi connectivity index (χ0v) is 22.9. The fourth-order valence-corrected chi connectivity index (χ4v) is 5.89. The number of allylic oxidation sites excluding steroid dienone is 1. The van der Waals surface area contributed by atoms with Gasteiger partial charge in [0.2, 0.25) is 10.0 Å². The van der Waals surface area contributed by atoms with Gasteiger partial charge in [-0.05, 0) is 50.0 Å². The number of aromatic hydroxyl groups is 1. The average Bonchev–Trinajstić information content (AvgIpc) is 2.74. The van der Waals surface area contributed by atoms with Crippen molar-refractivity contribution in [3.63, 3.8) is 0 Å². The summed E-state index contributed by atoms with van der Waals surface area (Å²) in [5.41, 5.74) is -0.199. The molecule has 3 rings (SSSR count). The largest absolute Gasteiger partial charge is 0.505 e. The average molecular weight is 538 g/mol. The van der Waals surface area contributed by atoms with Crippen LogP contribution in [0, 0.1) is 5.41 Å². The summed E-state index contributed by atoms with van der Waals surface area (Å²) >= 11 is 0. The van der Waals surface area contributed by atoms with Crippen LogP contribution >= 0.6 is 7.52 Å². The summed E-state index contributed by atoms with van der Waals surface area (Å²) in [5, 5.41) is 18.4. The monoisotopic (exact) mass is 537 g/mol. The van der Waals surface area contributed by atoms with Crippen molar-refractivity contribution in [3.05, 3.63) is 45.9 Å². The first-order chi connectivity index (χ1) is 16.7. The maximum atomic E-state index is 13.9. The van der Waals surface area contributed by atoms with E-state index < -0.39 is 28.9 Å². The SMILES string of the molecule is CC=Cc1nn(CCC(C)(C)C)c(=O)c(C2=NP(=O)(OCC)c3cc(NS(C)(=O)=O)ccc3N2)c1O. The third-order valence-electron chi connectivity index (χ3n) is 5.19. The highest BCUT2D eigenvalue weighted by Crippen LogP contribution is 2.52. The van der Waals surface area contributed by atoms with Gasteiger partial charge >= 0.3 is 7.52 Å². The number of nitrogens with one attached hydrogen (secondary N) is 2. The second-order valence-electron chi connectivity index (χ2n) is 9.57. The smallest absolute Gasteiger partial charge is 0.348 e. The van der Waals surface area contributed by atoms with Crippen LogP contribution in [0.15, 0.2) is 33.8 Å². The van der Waals surface area contributed by atoms with Gasteiger partial charge in [-0.2, -0.15) is 9.86 Å². The van der Waals surface area contributed by atoms with E-state index in [1.165, 1.54) is 22.9 Å². The zero-order chi connectivity index (χ0) is 26.9. The highest BCUT2D eigenvalue weighted by molar-refractivity contribution is 7.92. The molecule has 196 valence electrons. The number of amidine groups is 1. The summed E-state index contributed by atoms with van der Waals surface area (Å²) in [5.74, 6) is -0.526. The Bertz CT molecular complexity index is 1440. The van der Waals surface area contributed by atoms with Crippen molar-refractivity contribution in [3.8, 4) is 5.75 Å². The summed E-state index contributed by atoms with van der Waals surface area (Å²) in [4.78, 5) is 13.4. The Morgan fingerprint density at radius 2 is 2.00 bits per heavy atom. The van der Waals surface area contributed by atoms with Crippen LogP contribution in [0.3, 0.4) is 0 Å². The predicted molar refractivity (Wildman–Crippen MR) is 143 cm³/mol. The molecule has 0 amide bonds. The second kappa shape index (κ2) is 10.2. The van der Waals surface area contributed by atoms with Gasteiger partial charge < -0.3 is 14.9 Å². The van der Waals surface area contributed by atoms with E-state index in [0.29, 0.717) is 18.7 Å². The van der Waals surface area contributed by atoms with Crippen LogP contribution in [0.1, 0.15) is 52.3 Å². The quantitative estimate of drug-likeness (QED) is 0.433. The Morgan fingerprint density at radius 1 is 1.31 bits per heavy atom. The maximum Gasteiger partial charge on any atom is 0.348 e. The molecule has 1 atom stereocenters. The Balaban J connectivity index is 2.21. The first kappa shape index (κ1) is 27.6. The minimum absolute atomic E-state index is 0.0409. The molecule has 1 aliphatic heterocycles. The zero-order valence-electron chi connectivity index (χ0n) is 21.2. The topological polar surface area (TPSA) is 152 Å². The lowest BCUT2D eigenvalue weighted by Crippen LogP contribution is -2.35. The van der Waals surface area contributed by atoms with E-state index in [1.807, 2.05) is 20.8 Å². The van der Waals surface area contributed by atoms with E-state index in [1.54, 1.807) is 26.0 Å². The van der Waals surface area contributed by atoms with E-state index in [0.717, 1.165) is 6.26 Å². The first-order valence-electron chi connectivity index (χ1n) is 11.4. The minimum Gasteiger partial charge on any atom is -0.505 e. The van der Waals surface area contributed by atoms with Crippen molar-refractivity contribution in [2.24, 2.45) is 10.2 Å². The van der Waals surface area contributed by atoms with E-state index in [-0.39, 0.29) is 40.1 Å². The van der Waals surface area contributed by atoms with Gasteiger partial charge in [0.05, 0.1) is 23.9 Å². The third kappa shape index (κ3) is 6.24. The van der Waals surface area contributed by atoms with Crippen LogP contribution in [0.4, 0.5) is 11.4 Å². The summed E-state index contributed by atoms with van der Waals surface area (Å²) < 4.78 is 50.6. The van der Waals surface area contributed by atoms with E-state index in [2.05, 4.69) is 19.9 Å². The summed E-state index contributed by atoms with van der Waals surface area (Å²) in [6.07, 6.45) is 4.89. The minimum atomic E-state index is -3.95. The fraction of sp³-hybridized carbons (Fsp3) is 0.435. The molecule has 2 heterocycles. The molecular weight excluding hydrogens is 505 g/mol. The number of anilines is 2. The number of sulfonamides is 1. The Morgan fingerprint density at radius 3 is 2.58 bits per heavy atom. The molecule has 0 saturated heterocycles. The molecule has 1 aromatic carbocycles. The van der Waals surface area contributed by atoms with Crippen molar-refractivity contribution in [2.45, 2.75) is 47.6 Å². The first-order valence-corrected chi connectivity index (χ1v) is 14.9. The van der Waals surface area contributed by atoms with Gasteiger partial charge in [-0.15, -0.1) is 0 Å². The molecule has 0 spiro atoms. The van der Waals surface area contributed by atoms with Crippen LogP contribution in [0.2, 0.25) is 0 Å². The van der Waals surface area contributed by atoms with E-state index in [4.69, 9.17) is 4.52 Å². The van der Waals surface area contributed by atoms with E-state index >= 15 is 0 Å². The van der Waals surface area contributed by atoms with Gasteiger partial charge in [0.1, 0.15) is 11.3 Å². The van der Waals surface area contributed by atoms with Crippen molar-refractivity contribution in [2.75, 3.05) is 22.9 Å². The molecule has 1 aliphatic rings. The van der Waals surface area contributed by atoms with Crippen LogP contribution < -0.4 is 20.9 Å². The molecule has 11 nitrogen and oxygen atoms in total. The van der Waals surface area contributed by atoms with Crippen LogP contribution in [-0.2, 0) is 25.7 Å². The number of benzene rings is 1. The highest BCUT2D eigenvalue weighted by atomic mass is 32.2. The van der Waals surface area contributed by atoms with Crippen LogP contribution in [0.25, 0.3) is 6.08 Å². The van der Waals surface area contributed by atoms with Gasteiger partial charge in [0, 0.05) is 12.2 Å². The number of aryl methyl sites for hydroxylation is 1. The number of fused-ring (bicyclic) bond motifs is 1. The van der Waals surface area contributed by atoms with Gasteiger partial charge in [0.25, 0.3) is 5.56 Å². The molecule has 13 heteroatoms. The molecule has 0 aliphatic carbocycles. The van der Waals surface area contributed by atoms with E-state index in [9.17, 15) is 22.9 Å². The molecule has 1 aromatic heterocycles. The number of aromatic nitrogens is 2. The van der Waals surface area contributed by atoms with Crippen molar-refractivity contribution < 1.29 is 22.6 Å². The lowest BCUT2D eigenvalue weighted by atomic mass is 9.92. The van der Waals surface area contributed by atoms with Gasteiger partial charge in [-0.1, -0.05) is 26.8 Å². The summed E-state index contributed by atoms with van der Waals surface area (Å²) in [6.45, 7) is 9.86. The third-order valence-corrected chi connectivity index (χ3v) is 7.84. The number of hydrogen-bond donors (Lipinski definition) is 3. The molecule has 2 aromatic rings. The van der Waals surface area contributed by atoms with Gasteiger partial charge in [-0.3, -0.25) is 14.1 Å². The normalized spacial score (nSPS) is 18.0. The Labute approximate surface area is 210 Å². The highest BCUT2D eigenvalue weighted by Gasteiger charge is 2.36. The van der Waals surface area contributed by atoms with Crippen LogP contribution in [-0.4, -0.2) is 42.0 Å². The number of rotatable bonds is 8. The molecular formula is C23H32N5O6PS. The Hall–Kier alpha value is -2.95. The molecule has 36 heavy (non-hydrogen) atoms. The lowest BCUT2D eigenvalue weighted by Gasteiger charge is -2.26. The van der Waals surface area contributed by atoms with Crippen molar-refractivity contribution >= 4 is 46.1 Å². The molecule has 0 saturated carbocycles. The maximum absolute atomic E-state index is 13.9. The number of hydrogen-bond acceptors (Lipinski definition) is 8. The molecule has 0 bridgehead atoms. The second-order valence-corrected chi connectivity index (χ2v) is 13.3. The van der Waals surface area contributed by atoms with Crippen LogP contribution in [0.5, 0.6) is 5.75 Å². The molecule has 0 fully saturated rings. The lowest BCUT2D eigenvalue weighted by molar-refractivity contribution is 0.334. The molecule has 3 N–H and O–H groups in total. The van der Waals surface area contributed by atoms with Gasteiger partial charge in [0.15, 0.2) is 11.6 Å². The Kier molecular flexibility index (Phi) is 7.83. The number of nitrogens with zero attached hydrogens (tertiary/aromatic N) is 3. The standard InChI is InChI=1S/C23H32N5O6PS/c1-7-9-17-20(29)19(22(30)28(25-17)13-12-23(3,4)5)21-24-16-11-10-15(27-36(6,32)33)14-18(16)35(31,26-21)34-8-2/h7,9-11,14,27,29H,8,12-13H2,1-6H3,(H,24,26,31). The molecule has 0 radical (unpaired) electrons. The van der Waals surface area contributed by atoms with Crippen molar-refractivity contribution in [1.29, 1.82) is 0 Å². The predicted octanol–water partition coefficient (Wildman–Crippen LogP) is 3.52. The summed E-state index contributed by atoms with van der Waals surface area (Å²) in [6, 6.07) is 4.36. The summed E-state index contributed by atoms with van der Waals surface area (Å²) in [7, 11) is -7.53.